The molecule has 1 aliphatic carbocycles. The van der Waals surface area contributed by atoms with Gasteiger partial charge >= 0.3 is 0 Å². The maximum atomic E-state index is 6.26. The quantitative estimate of drug-likeness (QED) is 0.812. The van der Waals surface area contributed by atoms with Crippen LogP contribution in [0.2, 0.25) is 5.15 Å². The van der Waals surface area contributed by atoms with E-state index >= 15 is 0 Å². The first kappa shape index (κ1) is 14.6. The maximum absolute atomic E-state index is 6.26. The lowest BCUT2D eigenvalue weighted by atomic mass is 9.95. The summed E-state index contributed by atoms with van der Waals surface area (Å²) in [5, 5.41) is 4.16. The largest absolute Gasteiger partial charge is 0.365 e. The van der Waals surface area contributed by atoms with E-state index in [9.17, 15) is 0 Å². The van der Waals surface area contributed by atoms with Crippen molar-refractivity contribution in [1.82, 2.24) is 9.97 Å². The molecule has 1 aromatic rings. The van der Waals surface area contributed by atoms with Crippen LogP contribution in [-0.2, 0) is 5.41 Å². The van der Waals surface area contributed by atoms with Gasteiger partial charge in [0.25, 0.3) is 0 Å². The van der Waals surface area contributed by atoms with Crippen LogP contribution in [0.15, 0.2) is 0 Å². The smallest absolute Gasteiger partial charge is 0.137 e. The van der Waals surface area contributed by atoms with Gasteiger partial charge in [-0.2, -0.15) is 0 Å². The zero-order valence-corrected chi connectivity index (χ0v) is 13.4. The summed E-state index contributed by atoms with van der Waals surface area (Å²) in [7, 11) is 0. The fraction of sp³-hybridized carbons (Fsp3) is 0.733. The minimum atomic E-state index is -0.0929. The van der Waals surface area contributed by atoms with Gasteiger partial charge in [-0.1, -0.05) is 45.2 Å². The molecule has 4 heteroatoms. The van der Waals surface area contributed by atoms with E-state index in [2.05, 4.69) is 38.0 Å². The Morgan fingerprint density at radius 1 is 1.16 bits per heavy atom. The second-order valence-corrected chi connectivity index (χ2v) is 7.31. The van der Waals surface area contributed by atoms with Crippen LogP contribution in [0.3, 0.4) is 0 Å². The molecule has 1 fully saturated rings. The molecule has 0 spiro atoms. The minimum absolute atomic E-state index is 0.0929. The zero-order chi connectivity index (χ0) is 14.3. The summed E-state index contributed by atoms with van der Waals surface area (Å²) in [6, 6.07) is 0. The van der Waals surface area contributed by atoms with Crippen molar-refractivity contribution < 1.29 is 0 Å². The summed E-state index contributed by atoms with van der Waals surface area (Å²) in [5.74, 6) is 1.70. The third kappa shape index (κ3) is 3.19. The molecule has 1 aromatic heterocycles. The fourth-order valence-corrected chi connectivity index (χ4v) is 2.68. The van der Waals surface area contributed by atoms with Crippen molar-refractivity contribution in [2.45, 2.75) is 71.3 Å². The van der Waals surface area contributed by atoms with E-state index < -0.39 is 0 Å². The number of aromatic nitrogens is 2. The number of anilines is 1. The summed E-state index contributed by atoms with van der Waals surface area (Å²) >= 11 is 6.26. The molecule has 0 unspecified atom stereocenters. The van der Waals surface area contributed by atoms with Gasteiger partial charge in [0.2, 0.25) is 0 Å². The van der Waals surface area contributed by atoms with Crippen molar-refractivity contribution in [2.24, 2.45) is 0 Å². The van der Waals surface area contributed by atoms with E-state index in [1.165, 1.54) is 25.7 Å². The second kappa shape index (κ2) is 4.93. The lowest BCUT2D eigenvalue weighted by Crippen LogP contribution is -2.32. The van der Waals surface area contributed by atoms with Gasteiger partial charge < -0.3 is 5.32 Å². The minimum Gasteiger partial charge on any atom is -0.365 e. The molecule has 0 bridgehead atoms. The van der Waals surface area contributed by atoms with Gasteiger partial charge in [-0.15, -0.1) is 0 Å². The van der Waals surface area contributed by atoms with Crippen molar-refractivity contribution in [1.29, 1.82) is 0 Å². The monoisotopic (exact) mass is 281 g/mol. The van der Waals surface area contributed by atoms with E-state index in [1.807, 2.05) is 6.92 Å². The Balaban J connectivity index is 2.36. The molecule has 3 nitrogen and oxygen atoms in total. The highest BCUT2D eigenvalue weighted by Gasteiger charge is 2.30. The topological polar surface area (TPSA) is 37.8 Å². The summed E-state index contributed by atoms with van der Waals surface area (Å²) in [4.78, 5) is 9.12. The Labute approximate surface area is 121 Å². The number of halogens is 1. The first-order valence-electron chi connectivity index (χ1n) is 7.04. The van der Waals surface area contributed by atoms with Crippen LogP contribution in [0.25, 0.3) is 0 Å². The predicted octanol–water partition coefficient (Wildman–Crippen LogP) is 4.48. The Morgan fingerprint density at radius 2 is 1.74 bits per heavy atom. The molecule has 19 heavy (non-hydrogen) atoms. The van der Waals surface area contributed by atoms with E-state index in [-0.39, 0.29) is 11.0 Å². The third-order valence-corrected chi connectivity index (χ3v) is 4.25. The van der Waals surface area contributed by atoms with Gasteiger partial charge in [0.1, 0.15) is 16.8 Å². The van der Waals surface area contributed by atoms with Crippen LogP contribution < -0.4 is 5.32 Å². The van der Waals surface area contributed by atoms with Crippen molar-refractivity contribution in [3.63, 3.8) is 0 Å². The number of nitrogens with zero attached hydrogens (tertiary/aromatic N) is 2. The SMILES string of the molecule is Cc1c(Cl)nc(C(C)(C)C)nc1NC1(C)CCCC1. The predicted molar refractivity (Wildman–Crippen MR) is 81.0 cm³/mol. The summed E-state index contributed by atoms with van der Waals surface area (Å²) in [6.07, 6.45) is 4.96. The van der Waals surface area contributed by atoms with Crippen LogP contribution >= 0.6 is 11.6 Å². The molecule has 0 amide bonds. The zero-order valence-electron chi connectivity index (χ0n) is 12.6. The molecule has 0 aliphatic heterocycles. The normalized spacial score (nSPS) is 18.6. The van der Waals surface area contributed by atoms with Crippen LogP contribution in [0.5, 0.6) is 0 Å². The fourth-order valence-electron chi connectivity index (χ4n) is 2.51. The molecule has 0 radical (unpaired) electrons. The van der Waals surface area contributed by atoms with Gasteiger partial charge in [-0.3, -0.25) is 0 Å². The Hall–Kier alpha value is -0.830. The van der Waals surface area contributed by atoms with E-state index in [1.54, 1.807) is 0 Å². The average Bonchev–Trinajstić information content (AvgIpc) is 2.70. The van der Waals surface area contributed by atoms with Gasteiger partial charge in [-0.25, -0.2) is 9.97 Å². The lowest BCUT2D eigenvalue weighted by Gasteiger charge is -2.28. The maximum Gasteiger partial charge on any atom is 0.137 e. The molecule has 0 atom stereocenters. The van der Waals surface area contributed by atoms with Crippen molar-refractivity contribution >= 4 is 17.4 Å². The van der Waals surface area contributed by atoms with E-state index in [4.69, 9.17) is 16.6 Å². The number of nitrogens with one attached hydrogen (secondary N) is 1. The summed E-state index contributed by atoms with van der Waals surface area (Å²) in [5.41, 5.74) is 1.00. The number of hydrogen-bond acceptors (Lipinski definition) is 3. The molecular formula is C15H24ClN3. The Bertz CT molecular complexity index is 471. The van der Waals surface area contributed by atoms with Crippen molar-refractivity contribution in [3.05, 3.63) is 16.5 Å². The molecule has 106 valence electrons. The Kier molecular flexibility index (Phi) is 3.78. The molecule has 1 aliphatic rings. The number of hydrogen-bond donors (Lipinski definition) is 1. The van der Waals surface area contributed by atoms with Crippen LogP contribution in [0.1, 0.15) is 64.8 Å². The molecule has 1 saturated carbocycles. The third-order valence-electron chi connectivity index (χ3n) is 3.88. The van der Waals surface area contributed by atoms with Crippen LogP contribution in [-0.4, -0.2) is 15.5 Å². The summed E-state index contributed by atoms with van der Waals surface area (Å²) in [6.45, 7) is 10.6. The highest BCUT2D eigenvalue weighted by atomic mass is 35.5. The van der Waals surface area contributed by atoms with E-state index in [0.717, 1.165) is 17.2 Å². The molecule has 1 N–H and O–H groups in total. The molecule has 2 rings (SSSR count). The summed E-state index contributed by atoms with van der Waals surface area (Å²) < 4.78 is 0. The number of rotatable bonds is 2. The van der Waals surface area contributed by atoms with Crippen molar-refractivity contribution in [3.8, 4) is 0 Å². The van der Waals surface area contributed by atoms with Crippen molar-refractivity contribution in [2.75, 3.05) is 5.32 Å². The highest BCUT2D eigenvalue weighted by Crippen LogP contribution is 2.34. The van der Waals surface area contributed by atoms with E-state index in [0.29, 0.717) is 5.15 Å². The molecule has 0 aromatic carbocycles. The average molecular weight is 282 g/mol. The first-order valence-corrected chi connectivity index (χ1v) is 7.42. The van der Waals surface area contributed by atoms with Crippen LogP contribution in [0, 0.1) is 6.92 Å². The molecule has 0 saturated heterocycles. The lowest BCUT2D eigenvalue weighted by molar-refractivity contribution is 0.520. The first-order chi connectivity index (χ1) is 8.71. The van der Waals surface area contributed by atoms with Gasteiger partial charge in [-0.05, 0) is 26.7 Å². The van der Waals surface area contributed by atoms with Gasteiger partial charge in [0.15, 0.2) is 0 Å². The highest BCUT2D eigenvalue weighted by molar-refractivity contribution is 6.30. The standard InChI is InChI=1S/C15H24ClN3/c1-10-11(16)17-13(14(2,3)4)18-12(10)19-15(5)8-6-7-9-15/h6-9H2,1-5H3,(H,17,18,19). The Morgan fingerprint density at radius 3 is 2.26 bits per heavy atom. The van der Waals surface area contributed by atoms with Gasteiger partial charge in [0, 0.05) is 16.5 Å². The second-order valence-electron chi connectivity index (χ2n) is 6.95. The van der Waals surface area contributed by atoms with Crippen LogP contribution in [0.4, 0.5) is 5.82 Å². The molecule has 1 heterocycles. The molecular weight excluding hydrogens is 258 g/mol. The van der Waals surface area contributed by atoms with Gasteiger partial charge in [0.05, 0.1) is 0 Å².